The third kappa shape index (κ3) is 3.32. The van der Waals surface area contributed by atoms with E-state index in [2.05, 4.69) is 42.3 Å². The van der Waals surface area contributed by atoms with E-state index in [0.29, 0.717) is 5.56 Å². The molecule has 0 radical (unpaired) electrons. The maximum Gasteiger partial charge on any atom is 0.337 e. The lowest BCUT2D eigenvalue weighted by molar-refractivity contribution is 0.0601. The summed E-state index contributed by atoms with van der Waals surface area (Å²) in [4.78, 5) is 20.6. The molecule has 6 nitrogen and oxygen atoms in total. The number of carbonyl (C=O) groups excluding carboxylic acids is 1. The second-order valence-corrected chi connectivity index (χ2v) is 6.68. The number of imidazole rings is 1. The molecule has 2 aromatic heterocycles. The molecule has 0 amide bonds. The van der Waals surface area contributed by atoms with Crippen LogP contribution in [0.4, 0.5) is 11.5 Å². The second-order valence-electron chi connectivity index (χ2n) is 6.68. The van der Waals surface area contributed by atoms with Crippen LogP contribution in [0.3, 0.4) is 0 Å². The number of benzene rings is 2. The lowest BCUT2D eigenvalue weighted by Gasteiger charge is -2.11. The van der Waals surface area contributed by atoms with Gasteiger partial charge < -0.3 is 10.1 Å². The standard InChI is InChI=1S/C22H20N4O2/c1-14-10-15(2)12-18(11-14)24-21-20(25-19-13-23-8-9-26(19)21)16-4-6-17(7-5-16)22(27)28-3/h4-13,24H,1-3H3. The van der Waals surface area contributed by atoms with Crippen LogP contribution in [0.2, 0.25) is 0 Å². The molecule has 0 saturated heterocycles. The molecule has 2 aromatic carbocycles. The average molecular weight is 372 g/mol. The first-order valence-corrected chi connectivity index (χ1v) is 8.91. The molecule has 4 aromatic rings. The van der Waals surface area contributed by atoms with Crippen LogP contribution in [0.15, 0.2) is 61.1 Å². The van der Waals surface area contributed by atoms with Crippen LogP contribution in [0.1, 0.15) is 21.5 Å². The summed E-state index contributed by atoms with van der Waals surface area (Å²) in [6.45, 7) is 4.14. The van der Waals surface area contributed by atoms with Gasteiger partial charge in [-0.15, -0.1) is 0 Å². The Kier molecular flexibility index (Phi) is 4.53. The van der Waals surface area contributed by atoms with Gasteiger partial charge in [-0.2, -0.15) is 0 Å². The van der Waals surface area contributed by atoms with Gasteiger partial charge in [0.15, 0.2) is 5.65 Å². The number of hydrogen-bond donors (Lipinski definition) is 1. The predicted molar refractivity (Wildman–Crippen MR) is 109 cm³/mol. The molecule has 2 heterocycles. The Morgan fingerprint density at radius 2 is 1.79 bits per heavy atom. The van der Waals surface area contributed by atoms with Crippen molar-refractivity contribution < 1.29 is 9.53 Å². The molecule has 0 bridgehead atoms. The molecule has 0 aliphatic carbocycles. The SMILES string of the molecule is COC(=O)c1ccc(-c2nc3cnccn3c2Nc2cc(C)cc(C)c2)cc1. The van der Waals surface area contributed by atoms with Crippen LogP contribution in [-0.2, 0) is 4.74 Å². The fraction of sp³-hybridized carbons (Fsp3) is 0.136. The number of hydrogen-bond acceptors (Lipinski definition) is 5. The molecule has 140 valence electrons. The van der Waals surface area contributed by atoms with Crippen LogP contribution < -0.4 is 5.32 Å². The third-order valence-corrected chi connectivity index (χ3v) is 4.49. The first-order chi connectivity index (χ1) is 13.5. The largest absolute Gasteiger partial charge is 0.465 e. The van der Waals surface area contributed by atoms with Gasteiger partial charge in [0.05, 0.1) is 18.9 Å². The number of nitrogens with zero attached hydrogens (tertiary/aromatic N) is 3. The molecule has 0 aliphatic rings. The van der Waals surface area contributed by atoms with Gasteiger partial charge in [0, 0.05) is 23.6 Å². The number of aryl methyl sites for hydroxylation is 2. The van der Waals surface area contributed by atoms with Crippen molar-refractivity contribution in [1.82, 2.24) is 14.4 Å². The predicted octanol–water partition coefficient (Wildman–Crippen LogP) is 4.54. The Morgan fingerprint density at radius 3 is 2.46 bits per heavy atom. The van der Waals surface area contributed by atoms with Crippen LogP contribution in [0, 0.1) is 13.8 Å². The molecule has 0 spiro atoms. The monoisotopic (exact) mass is 372 g/mol. The van der Waals surface area contributed by atoms with Crippen molar-refractivity contribution in [3.63, 3.8) is 0 Å². The highest BCUT2D eigenvalue weighted by atomic mass is 16.5. The van der Waals surface area contributed by atoms with Crippen molar-refractivity contribution in [2.45, 2.75) is 13.8 Å². The lowest BCUT2D eigenvalue weighted by atomic mass is 10.1. The molecule has 0 atom stereocenters. The normalized spacial score (nSPS) is 10.8. The quantitative estimate of drug-likeness (QED) is 0.533. The number of rotatable bonds is 4. The van der Waals surface area contributed by atoms with E-state index in [-0.39, 0.29) is 5.97 Å². The van der Waals surface area contributed by atoms with Crippen LogP contribution in [0.5, 0.6) is 0 Å². The van der Waals surface area contributed by atoms with Crippen LogP contribution in [0.25, 0.3) is 16.9 Å². The van der Waals surface area contributed by atoms with Gasteiger partial charge in [-0.3, -0.25) is 9.38 Å². The zero-order valence-corrected chi connectivity index (χ0v) is 15.9. The number of ether oxygens (including phenoxy) is 1. The average Bonchev–Trinajstić information content (AvgIpc) is 3.05. The van der Waals surface area contributed by atoms with Crippen LogP contribution >= 0.6 is 0 Å². The van der Waals surface area contributed by atoms with Gasteiger partial charge >= 0.3 is 5.97 Å². The summed E-state index contributed by atoms with van der Waals surface area (Å²) in [6, 6.07) is 13.5. The van der Waals surface area contributed by atoms with E-state index in [4.69, 9.17) is 9.72 Å². The Morgan fingerprint density at radius 1 is 1.07 bits per heavy atom. The summed E-state index contributed by atoms with van der Waals surface area (Å²) >= 11 is 0. The minimum atomic E-state index is -0.362. The minimum Gasteiger partial charge on any atom is -0.465 e. The van der Waals surface area contributed by atoms with Crippen molar-refractivity contribution in [2.24, 2.45) is 0 Å². The molecule has 1 N–H and O–H groups in total. The highest BCUT2D eigenvalue weighted by molar-refractivity contribution is 5.90. The Hall–Kier alpha value is -3.67. The number of fused-ring (bicyclic) bond motifs is 1. The lowest BCUT2D eigenvalue weighted by Crippen LogP contribution is -2.01. The number of carbonyl (C=O) groups is 1. The molecule has 28 heavy (non-hydrogen) atoms. The summed E-state index contributed by atoms with van der Waals surface area (Å²) in [5.41, 5.74) is 6.27. The van der Waals surface area contributed by atoms with Crippen molar-refractivity contribution in [3.05, 3.63) is 77.7 Å². The molecule has 0 fully saturated rings. The molecule has 0 aliphatic heterocycles. The van der Waals surface area contributed by atoms with Gasteiger partial charge in [0.1, 0.15) is 11.5 Å². The van der Waals surface area contributed by atoms with Gasteiger partial charge in [0.25, 0.3) is 0 Å². The number of methoxy groups -OCH3 is 1. The Labute approximate surface area is 162 Å². The van der Waals surface area contributed by atoms with Crippen molar-refractivity contribution in [1.29, 1.82) is 0 Å². The topological polar surface area (TPSA) is 68.5 Å². The van der Waals surface area contributed by atoms with Crippen molar-refractivity contribution >= 4 is 23.1 Å². The van der Waals surface area contributed by atoms with Gasteiger partial charge in [-0.1, -0.05) is 18.2 Å². The van der Waals surface area contributed by atoms with E-state index in [1.165, 1.54) is 18.2 Å². The fourth-order valence-electron chi connectivity index (χ4n) is 3.29. The van der Waals surface area contributed by atoms with Gasteiger partial charge in [0.2, 0.25) is 0 Å². The minimum absolute atomic E-state index is 0.362. The summed E-state index contributed by atoms with van der Waals surface area (Å²) < 4.78 is 6.74. The molecule has 4 rings (SSSR count). The fourth-order valence-corrected chi connectivity index (χ4v) is 3.29. The molecule has 0 saturated carbocycles. The highest BCUT2D eigenvalue weighted by Gasteiger charge is 2.15. The second kappa shape index (κ2) is 7.15. The first-order valence-electron chi connectivity index (χ1n) is 8.91. The number of aromatic nitrogens is 3. The maximum absolute atomic E-state index is 11.7. The number of nitrogens with one attached hydrogen (secondary N) is 1. The molecule has 6 heteroatoms. The smallest absolute Gasteiger partial charge is 0.337 e. The molecule has 0 unspecified atom stereocenters. The van der Waals surface area contributed by atoms with Crippen molar-refractivity contribution in [2.75, 3.05) is 12.4 Å². The summed E-state index contributed by atoms with van der Waals surface area (Å²) in [5, 5.41) is 3.51. The Bertz CT molecular complexity index is 1140. The number of esters is 1. The molecular formula is C22H20N4O2. The van der Waals surface area contributed by atoms with E-state index >= 15 is 0 Å². The number of anilines is 2. The van der Waals surface area contributed by atoms with E-state index in [0.717, 1.165) is 28.4 Å². The van der Waals surface area contributed by atoms with Gasteiger partial charge in [-0.25, -0.2) is 9.78 Å². The zero-order chi connectivity index (χ0) is 19.7. The molecular weight excluding hydrogens is 352 g/mol. The maximum atomic E-state index is 11.7. The summed E-state index contributed by atoms with van der Waals surface area (Å²) in [5.74, 6) is 0.479. The summed E-state index contributed by atoms with van der Waals surface area (Å²) in [6.07, 6.45) is 5.32. The first kappa shape index (κ1) is 17.7. The van der Waals surface area contributed by atoms with E-state index < -0.39 is 0 Å². The van der Waals surface area contributed by atoms with Gasteiger partial charge in [-0.05, 0) is 49.2 Å². The van der Waals surface area contributed by atoms with E-state index in [1.54, 1.807) is 24.5 Å². The van der Waals surface area contributed by atoms with E-state index in [9.17, 15) is 4.79 Å². The Balaban J connectivity index is 1.82. The highest BCUT2D eigenvalue weighted by Crippen LogP contribution is 2.31. The third-order valence-electron chi connectivity index (χ3n) is 4.49. The summed E-state index contributed by atoms with van der Waals surface area (Å²) in [7, 11) is 1.37. The van der Waals surface area contributed by atoms with Crippen molar-refractivity contribution in [3.8, 4) is 11.3 Å². The zero-order valence-electron chi connectivity index (χ0n) is 15.9. The van der Waals surface area contributed by atoms with Crippen LogP contribution in [-0.4, -0.2) is 27.4 Å². The van der Waals surface area contributed by atoms with E-state index in [1.807, 2.05) is 22.7 Å².